The molecule has 21 heavy (non-hydrogen) atoms. The van der Waals surface area contributed by atoms with Crippen LogP contribution >= 0.6 is 0 Å². The Bertz CT molecular complexity index is 586. The first kappa shape index (κ1) is 15.2. The van der Waals surface area contributed by atoms with Gasteiger partial charge in [-0.1, -0.05) is 36.4 Å². The van der Waals surface area contributed by atoms with Crippen LogP contribution in [0, 0.1) is 5.82 Å². The second kappa shape index (κ2) is 7.55. The normalized spacial score (nSPS) is 11.9. The first-order valence-electron chi connectivity index (χ1n) is 6.99. The van der Waals surface area contributed by atoms with Gasteiger partial charge in [-0.15, -0.1) is 0 Å². The summed E-state index contributed by atoms with van der Waals surface area (Å²) in [6, 6.07) is 16.1. The van der Waals surface area contributed by atoms with Gasteiger partial charge in [0.1, 0.15) is 5.82 Å². The van der Waals surface area contributed by atoms with Gasteiger partial charge >= 0.3 is 0 Å². The van der Waals surface area contributed by atoms with Crippen molar-refractivity contribution >= 4 is 11.6 Å². The van der Waals surface area contributed by atoms with E-state index in [0.717, 1.165) is 0 Å². The van der Waals surface area contributed by atoms with Crippen molar-refractivity contribution in [3.8, 4) is 0 Å². The second-order valence-electron chi connectivity index (χ2n) is 4.90. The number of hydrogen-bond donors (Lipinski definition) is 2. The Hall–Kier alpha value is -2.20. The SMILES string of the molecule is CC(NCCC(=O)Nc1cccc(F)c1)c1ccccc1. The van der Waals surface area contributed by atoms with Crippen molar-refractivity contribution < 1.29 is 9.18 Å². The second-order valence-corrected chi connectivity index (χ2v) is 4.90. The number of rotatable bonds is 6. The lowest BCUT2D eigenvalue weighted by Gasteiger charge is -2.14. The molecule has 0 heterocycles. The number of anilines is 1. The van der Waals surface area contributed by atoms with Crippen LogP contribution in [0.3, 0.4) is 0 Å². The van der Waals surface area contributed by atoms with Crippen LogP contribution in [-0.2, 0) is 4.79 Å². The minimum Gasteiger partial charge on any atom is -0.326 e. The van der Waals surface area contributed by atoms with E-state index >= 15 is 0 Å². The summed E-state index contributed by atoms with van der Waals surface area (Å²) in [5.74, 6) is -0.489. The number of halogens is 1. The van der Waals surface area contributed by atoms with Gasteiger partial charge in [-0.05, 0) is 30.7 Å². The molecule has 2 N–H and O–H groups in total. The monoisotopic (exact) mass is 286 g/mol. The lowest BCUT2D eigenvalue weighted by atomic mass is 10.1. The van der Waals surface area contributed by atoms with Crippen molar-refractivity contribution in [2.24, 2.45) is 0 Å². The molecule has 0 spiro atoms. The lowest BCUT2D eigenvalue weighted by molar-refractivity contribution is -0.116. The molecule has 0 bridgehead atoms. The molecular weight excluding hydrogens is 267 g/mol. The van der Waals surface area contributed by atoms with Crippen molar-refractivity contribution in [3.05, 3.63) is 66.0 Å². The third-order valence-corrected chi connectivity index (χ3v) is 3.21. The van der Waals surface area contributed by atoms with Gasteiger partial charge in [0.2, 0.25) is 5.91 Å². The Morgan fingerprint density at radius 3 is 2.62 bits per heavy atom. The molecule has 0 fully saturated rings. The van der Waals surface area contributed by atoms with Gasteiger partial charge in [0.05, 0.1) is 0 Å². The van der Waals surface area contributed by atoms with Gasteiger partial charge in [0.15, 0.2) is 0 Å². The average molecular weight is 286 g/mol. The molecule has 0 aliphatic heterocycles. The summed E-state index contributed by atoms with van der Waals surface area (Å²) in [5, 5.41) is 5.97. The third-order valence-electron chi connectivity index (χ3n) is 3.21. The number of amides is 1. The topological polar surface area (TPSA) is 41.1 Å². The maximum Gasteiger partial charge on any atom is 0.225 e. The van der Waals surface area contributed by atoms with Crippen LogP contribution in [0.15, 0.2) is 54.6 Å². The van der Waals surface area contributed by atoms with E-state index in [2.05, 4.69) is 17.6 Å². The molecule has 1 atom stereocenters. The standard InChI is InChI=1S/C17H19FN2O/c1-13(14-6-3-2-4-7-14)19-11-10-17(21)20-16-9-5-8-15(18)12-16/h2-9,12-13,19H,10-11H2,1H3,(H,20,21). The summed E-state index contributed by atoms with van der Waals surface area (Å²) in [6.45, 7) is 2.62. The van der Waals surface area contributed by atoms with E-state index in [1.165, 1.54) is 17.7 Å². The van der Waals surface area contributed by atoms with E-state index in [9.17, 15) is 9.18 Å². The van der Waals surface area contributed by atoms with Crippen molar-refractivity contribution in [2.45, 2.75) is 19.4 Å². The number of nitrogens with one attached hydrogen (secondary N) is 2. The van der Waals surface area contributed by atoms with Crippen LogP contribution in [0.5, 0.6) is 0 Å². The molecule has 1 unspecified atom stereocenters. The Labute approximate surface area is 124 Å². The smallest absolute Gasteiger partial charge is 0.225 e. The van der Waals surface area contributed by atoms with E-state index in [4.69, 9.17) is 0 Å². The molecule has 110 valence electrons. The van der Waals surface area contributed by atoms with Gasteiger partial charge < -0.3 is 10.6 Å². The predicted molar refractivity (Wildman–Crippen MR) is 82.5 cm³/mol. The Balaban J connectivity index is 1.74. The zero-order valence-electron chi connectivity index (χ0n) is 12.0. The fraction of sp³-hybridized carbons (Fsp3) is 0.235. The highest BCUT2D eigenvalue weighted by Gasteiger charge is 2.06. The first-order chi connectivity index (χ1) is 10.1. The molecule has 0 saturated heterocycles. The van der Waals surface area contributed by atoms with Crippen molar-refractivity contribution in [1.82, 2.24) is 5.32 Å². The van der Waals surface area contributed by atoms with Crippen molar-refractivity contribution in [2.75, 3.05) is 11.9 Å². The maximum atomic E-state index is 13.0. The molecule has 1 amide bonds. The molecule has 2 aromatic carbocycles. The van der Waals surface area contributed by atoms with E-state index < -0.39 is 0 Å². The van der Waals surface area contributed by atoms with Crippen LogP contribution in [0.1, 0.15) is 24.9 Å². The van der Waals surface area contributed by atoms with Gasteiger partial charge in [-0.25, -0.2) is 4.39 Å². The van der Waals surface area contributed by atoms with Gasteiger partial charge in [-0.2, -0.15) is 0 Å². The van der Waals surface area contributed by atoms with Gasteiger partial charge in [0, 0.05) is 24.7 Å². The zero-order valence-corrected chi connectivity index (χ0v) is 12.0. The van der Waals surface area contributed by atoms with Crippen LogP contribution in [0.2, 0.25) is 0 Å². The summed E-state index contributed by atoms with van der Waals surface area (Å²) < 4.78 is 13.0. The molecule has 0 aliphatic rings. The number of hydrogen-bond acceptors (Lipinski definition) is 2. The number of carbonyl (C=O) groups excluding carboxylic acids is 1. The molecule has 2 rings (SSSR count). The fourth-order valence-corrected chi connectivity index (χ4v) is 2.05. The molecule has 0 aromatic heterocycles. The summed E-state index contributed by atoms with van der Waals surface area (Å²) >= 11 is 0. The van der Waals surface area contributed by atoms with E-state index in [-0.39, 0.29) is 17.8 Å². The van der Waals surface area contributed by atoms with Crippen LogP contribution in [0.4, 0.5) is 10.1 Å². The van der Waals surface area contributed by atoms with E-state index in [0.29, 0.717) is 18.7 Å². The zero-order chi connectivity index (χ0) is 15.1. The molecule has 2 aromatic rings. The van der Waals surface area contributed by atoms with Crippen LogP contribution < -0.4 is 10.6 Å². The summed E-state index contributed by atoms with van der Waals surface area (Å²) in [7, 11) is 0. The quantitative estimate of drug-likeness (QED) is 0.853. The predicted octanol–water partition coefficient (Wildman–Crippen LogP) is 3.51. The van der Waals surface area contributed by atoms with E-state index in [1.54, 1.807) is 12.1 Å². The maximum absolute atomic E-state index is 13.0. The molecule has 3 nitrogen and oxygen atoms in total. The third kappa shape index (κ3) is 5.00. The first-order valence-corrected chi connectivity index (χ1v) is 6.99. The Kier molecular flexibility index (Phi) is 5.46. The summed E-state index contributed by atoms with van der Waals surface area (Å²) in [4.78, 5) is 11.8. The Morgan fingerprint density at radius 2 is 1.90 bits per heavy atom. The average Bonchev–Trinajstić information content (AvgIpc) is 2.48. The molecule has 0 saturated carbocycles. The highest BCUT2D eigenvalue weighted by Crippen LogP contribution is 2.11. The molecule has 4 heteroatoms. The van der Waals surface area contributed by atoms with Crippen LogP contribution in [-0.4, -0.2) is 12.5 Å². The molecule has 0 aliphatic carbocycles. The van der Waals surface area contributed by atoms with E-state index in [1.807, 2.05) is 30.3 Å². The summed E-state index contributed by atoms with van der Waals surface area (Å²) in [6.07, 6.45) is 0.341. The van der Waals surface area contributed by atoms with Gasteiger partial charge in [0.25, 0.3) is 0 Å². The Morgan fingerprint density at radius 1 is 1.14 bits per heavy atom. The minimum absolute atomic E-state index is 0.131. The lowest BCUT2D eigenvalue weighted by Crippen LogP contribution is -2.24. The minimum atomic E-state index is -0.358. The fourth-order valence-electron chi connectivity index (χ4n) is 2.05. The number of benzene rings is 2. The highest BCUT2D eigenvalue weighted by molar-refractivity contribution is 5.90. The summed E-state index contributed by atoms with van der Waals surface area (Å²) in [5.41, 5.74) is 1.67. The van der Waals surface area contributed by atoms with Crippen LogP contribution in [0.25, 0.3) is 0 Å². The van der Waals surface area contributed by atoms with Crippen molar-refractivity contribution in [1.29, 1.82) is 0 Å². The highest BCUT2D eigenvalue weighted by atomic mass is 19.1. The molecule has 0 radical (unpaired) electrons. The largest absolute Gasteiger partial charge is 0.326 e. The van der Waals surface area contributed by atoms with Crippen molar-refractivity contribution in [3.63, 3.8) is 0 Å². The van der Waals surface area contributed by atoms with Gasteiger partial charge in [-0.3, -0.25) is 4.79 Å². The molecular formula is C17H19FN2O. The number of carbonyl (C=O) groups is 1.